The Labute approximate surface area is 72.7 Å². The van der Waals surface area contributed by atoms with E-state index in [9.17, 15) is 0 Å². The molecule has 2 atom stereocenters. The number of aromatic amines is 1. The van der Waals surface area contributed by atoms with Gasteiger partial charge in [0.15, 0.2) is 0 Å². The quantitative estimate of drug-likeness (QED) is 0.583. The van der Waals surface area contributed by atoms with Crippen LogP contribution in [0.2, 0.25) is 0 Å². The van der Waals surface area contributed by atoms with Gasteiger partial charge in [-0.15, -0.1) is 0 Å². The van der Waals surface area contributed by atoms with Crippen LogP contribution in [0.25, 0.3) is 0 Å². The van der Waals surface area contributed by atoms with Gasteiger partial charge in [0.1, 0.15) is 0 Å². The van der Waals surface area contributed by atoms with E-state index in [2.05, 4.69) is 22.1 Å². The molecule has 2 bridgehead atoms. The van der Waals surface area contributed by atoms with Gasteiger partial charge in [-0.3, -0.25) is 0 Å². The molecule has 1 N–H and O–H groups in total. The first-order valence-electron chi connectivity index (χ1n) is 4.56. The van der Waals surface area contributed by atoms with E-state index in [1.54, 1.807) is 18.7 Å². The monoisotopic (exact) mass is 162 g/mol. The molecule has 0 amide bonds. The molecule has 2 aliphatic rings. The average Bonchev–Trinajstić information content (AvgIpc) is 2.86. The number of hydrogen-bond acceptors (Lipinski definition) is 1. The second kappa shape index (κ2) is 3.57. The smallest absolute Gasteiger partial charge is 0.0919 e. The molecule has 12 heavy (non-hydrogen) atoms. The molecule has 1 heterocycles. The molecular weight excluding hydrogens is 148 g/mol. The number of aromatic nitrogens is 2. The Kier molecular flexibility index (Phi) is 2.26. The number of fused-ring (bicyclic) bond motifs is 2. The lowest BCUT2D eigenvalue weighted by Crippen LogP contribution is -1.82. The number of nitrogens with zero attached hydrogens (tertiary/aromatic N) is 1. The zero-order valence-corrected chi connectivity index (χ0v) is 7.11. The molecule has 0 aliphatic heterocycles. The van der Waals surface area contributed by atoms with Gasteiger partial charge in [0.05, 0.1) is 6.33 Å². The van der Waals surface area contributed by atoms with Gasteiger partial charge >= 0.3 is 0 Å². The van der Waals surface area contributed by atoms with Gasteiger partial charge in [0.25, 0.3) is 0 Å². The van der Waals surface area contributed by atoms with E-state index in [1.165, 1.54) is 19.3 Å². The summed E-state index contributed by atoms with van der Waals surface area (Å²) in [5.74, 6) is 1.98. The summed E-state index contributed by atoms with van der Waals surface area (Å²) in [5, 5.41) is 0. The van der Waals surface area contributed by atoms with E-state index in [-0.39, 0.29) is 0 Å². The molecule has 0 saturated heterocycles. The van der Waals surface area contributed by atoms with Gasteiger partial charge in [-0.1, -0.05) is 12.2 Å². The molecule has 1 aromatic heterocycles. The minimum Gasteiger partial charge on any atom is -0.351 e. The highest BCUT2D eigenvalue weighted by Crippen LogP contribution is 2.38. The topological polar surface area (TPSA) is 28.7 Å². The zero-order chi connectivity index (χ0) is 8.23. The van der Waals surface area contributed by atoms with Crippen LogP contribution >= 0.6 is 0 Å². The molecule has 1 aromatic rings. The van der Waals surface area contributed by atoms with E-state index in [0.717, 1.165) is 11.8 Å². The fourth-order valence-corrected chi connectivity index (χ4v) is 1.93. The van der Waals surface area contributed by atoms with E-state index < -0.39 is 0 Å². The maximum Gasteiger partial charge on any atom is 0.0919 e. The van der Waals surface area contributed by atoms with Gasteiger partial charge < -0.3 is 4.98 Å². The Morgan fingerprint density at radius 1 is 1.17 bits per heavy atom. The Bertz CT molecular complexity index is 209. The Morgan fingerprint density at radius 3 is 2.08 bits per heavy atom. The van der Waals surface area contributed by atoms with Crippen LogP contribution in [0.15, 0.2) is 30.9 Å². The predicted molar refractivity (Wildman–Crippen MR) is 48.6 cm³/mol. The number of allylic oxidation sites excluding steroid dienone is 2. The lowest BCUT2D eigenvalue weighted by molar-refractivity contribution is 0.691. The maximum absolute atomic E-state index is 3.67. The lowest BCUT2D eigenvalue weighted by Gasteiger charge is -1.96. The third-order valence-corrected chi connectivity index (χ3v) is 2.58. The molecule has 64 valence electrons. The average molecular weight is 162 g/mol. The summed E-state index contributed by atoms with van der Waals surface area (Å²) in [5.41, 5.74) is 0. The van der Waals surface area contributed by atoms with E-state index in [1.807, 2.05) is 0 Å². The third kappa shape index (κ3) is 1.76. The number of hydrogen-bond donors (Lipinski definition) is 1. The zero-order valence-electron chi connectivity index (χ0n) is 7.11. The minimum atomic E-state index is 0.991. The summed E-state index contributed by atoms with van der Waals surface area (Å²) in [6, 6.07) is 0. The van der Waals surface area contributed by atoms with Crippen LogP contribution < -0.4 is 0 Å². The summed E-state index contributed by atoms with van der Waals surface area (Å²) in [6.45, 7) is 0. The molecule has 2 aliphatic carbocycles. The van der Waals surface area contributed by atoms with Crippen LogP contribution in [0, 0.1) is 11.8 Å². The first-order chi connectivity index (χ1) is 5.95. The van der Waals surface area contributed by atoms with Crippen molar-refractivity contribution in [2.24, 2.45) is 11.8 Å². The molecule has 0 aromatic carbocycles. The van der Waals surface area contributed by atoms with Crippen LogP contribution in [0.1, 0.15) is 19.3 Å². The van der Waals surface area contributed by atoms with Crippen molar-refractivity contribution >= 4 is 0 Å². The van der Waals surface area contributed by atoms with Crippen molar-refractivity contribution in [2.45, 2.75) is 19.3 Å². The lowest BCUT2D eigenvalue weighted by atomic mass is 10.1. The minimum absolute atomic E-state index is 0.991. The van der Waals surface area contributed by atoms with Crippen LogP contribution in [0.3, 0.4) is 0 Å². The highest BCUT2D eigenvalue weighted by Gasteiger charge is 2.25. The van der Waals surface area contributed by atoms with Crippen molar-refractivity contribution in [1.82, 2.24) is 9.97 Å². The normalized spacial score (nSPS) is 30.0. The fraction of sp³-hybridized carbons (Fsp3) is 0.500. The Morgan fingerprint density at radius 2 is 1.92 bits per heavy atom. The molecule has 3 rings (SSSR count). The van der Waals surface area contributed by atoms with E-state index >= 15 is 0 Å². The molecule has 0 radical (unpaired) electrons. The summed E-state index contributed by atoms with van der Waals surface area (Å²) in [6.07, 6.45) is 14.3. The molecule has 2 heteroatoms. The van der Waals surface area contributed by atoms with E-state index in [4.69, 9.17) is 0 Å². The highest BCUT2D eigenvalue weighted by atomic mass is 14.8. The highest BCUT2D eigenvalue weighted by molar-refractivity contribution is 5.06. The number of nitrogens with one attached hydrogen (secondary N) is 1. The van der Waals surface area contributed by atoms with Gasteiger partial charge in [0.2, 0.25) is 0 Å². The van der Waals surface area contributed by atoms with Crippen molar-refractivity contribution < 1.29 is 0 Å². The maximum atomic E-state index is 3.67. The molecule has 0 spiro atoms. The first-order valence-corrected chi connectivity index (χ1v) is 4.56. The fourth-order valence-electron chi connectivity index (χ4n) is 1.93. The van der Waals surface area contributed by atoms with Crippen molar-refractivity contribution in [3.63, 3.8) is 0 Å². The Hall–Kier alpha value is -1.05. The van der Waals surface area contributed by atoms with Crippen LogP contribution in [-0.4, -0.2) is 9.97 Å². The van der Waals surface area contributed by atoms with E-state index in [0.29, 0.717) is 0 Å². The predicted octanol–water partition coefficient (Wildman–Crippen LogP) is 2.38. The van der Waals surface area contributed by atoms with Crippen molar-refractivity contribution in [3.05, 3.63) is 30.9 Å². The number of H-pyrrole nitrogens is 1. The van der Waals surface area contributed by atoms with Crippen LogP contribution in [0.4, 0.5) is 0 Å². The van der Waals surface area contributed by atoms with Crippen molar-refractivity contribution in [3.8, 4) is 0 Å². The second-order valence-corrected chi connectivity index (χ2v) is 3.48. The second-order valence-electron chi connectivity index (χ2n) is 3.48. The summed E-state index contributed by atoms with van der Waals surface area (Å²) < 4.78 is 0. The molecule has 2 nitrogen and oxygen atoms in total. The SMILES string of the molecule is C1=CC2CCC1C2.c1c[nH]cn1. The largest absolute Gasteiger partial charge is 0.351 e. The Balaban J connectivity index is 0.000000100. The van der Waals surface area contributed by atoms with Gasteiger partial charge in [0, 0.05) is 12.4 Å². The molecule has 1 fully saturated rings. The van der Waals surface area contributed by atoms with Crippen molar-refractivity contribution in [1.29, 1.82) is 0 Å². The van der Waals surface area contributed by atoms with Gasteiger partial charge in [-0.25, -0.2) is 4.98 Å². The molecule has 1 saturated carbocycles. The van der Waals surface area contributed by atoms with Gasteiger partial charge in [-0.05, 0) is 31.1 Å². The summed E-state index contributed by atoms with van der Waals surface area (Å²) in [4.78, 5) is 6.42. The third-order valence-electron chi connectivity index (χ3n) is 2.58. The number of imidazole rings is 1. The summed E-state index contributed by atoms with van der Waals surface area (Å²) in [7, 11) is 0. The van der Waals surface area contributed by atoms with Gasteiger partial charge in [-0.2, -0.15) is 0 Å². The molecular formula is C10H14N2. The van der Waals surface area contributed by atoms with Crippen LogP contribution in [-0.2, 0) is 0 Å². The standard InChI is InChI=1S/C7H10.C3H4N2/c1-2-7-4-3-6(1)5-7;1-2-5-3-4-1/h1-2,6-7H,3-5H2;1-3H,(H,4,5). The number of rotatable bonds is 0. The first kappa shape index (κ1) is 7.59. The van der Waals surface area contributed by atoms with Crippen LogP contribution in [0.5, 0.6) is 0 Å². The molecule has 2 unspecified atom stereocenters. The van der Waals surface area contributed by atoms with Crippen molar-refractivity contribution in [2.75, 3.05) is 0 Å². The summed E-state index contributed by atoms with van der Waals surface area (Å²) >= 11 is 0.